The molecule has 3 aromatic rings. The number of fused-ring (bicyclic) bond motifs is 1. The zero-order valence-corrected chi connectivity index (χ0v) is 13.5. The van der Waals surface area contributed by atoms with Crippen LogP contribution in [0.3, 0.4) is 0 Å². The third-order valence-electron chi connectivity index (χ3n) is 4.18. The minimum Gasteiger partial charge on any atom is -0.348 e. The van der Waals surface area contributed by atoms with E-state index in [2.05, 4.69) is 5.32 Å². The average Bonchev–Trinajstić information content (AvgIpc) is 2.77. The van der Waals surface area contributed by atoms with E-state index in [9.17, 15) is 9.59 Å². The number of rotatable bonds is 3. The maximum atomic E-state index is 12.3. The van der Waals surface area contributed by atoms with E-state index in [0.29, 0.717) is 12.1 Å². The van der Waals surface area contributed by atoms with Crippen LogP contribution in [0.15, 0.2) is 47.3 Å². The smallest absolute Gasteiger partial charge is 0.328 e. The van der Waals surface area contributed by atoms with Gasteiger partial charge in [0.05, 0.1) is 11.0 Å². The first-order chi connectivity index (χ1) is 11.0. The van der Waals surface area contributed by atoms with Gasteiger partial charge in [-0.25, -0.2) is 4.79 Å². The average molecular weight is 309 g/mol. The number of nitrogens with zero attached hydrogens (tertiary/aromatic N) is 2. The standard InChI is InChI=1S/C18H19N3O2/c1-12-6-4-5-7-14(12)17(22)19-11-13-8-9-15-16(10-13)21(3)18(23)20(15)2/h4-10H,11H2,1-3H3,(H,19,22). The molecule has 3 rings (SSSR count). The Morgan fingerprint density at radius 3 is 2.48 bits per heavy atom. The Hall–Kier alpha value is -2.82. The second kappa shape index (κ2) is 5.76. The molecule has 0 aliphatic rings. The van der Waals surface area contributed by atoms with Crippen LogP contribution in [0.5, 0.6) is 0 Å². The lowest BCUT2D eigenvalue weighted by atomic mass is 10.1. The molecule has 0 spiro atoms. The number of aryl methyl sites for hydroxylation is 3. The van der Waals surface area contributed by atoms with E-state index < -0.39 is 0 Å². The number of amides is 1. The normalized spacial score (nSPS) is 10.9. The Morgan fingerprint density at radius 1 is 1.04 bits per heavy atom. The minimum atomic E-state index is -0.0925. The summed E-state index contributed by atoms with van der Waals surface area (Å²) in [5.74, 6) is -0.0925. The molecule has 0 saturated carbocycles. The van der Waals surface area contributed by atoms with Crippen LogP contribution in [0, 0.1) is 6.92 Å². The summed E-state index contributed by atoms with van der Waals surface area (Å²) in [6, 6.07) is 13.3. The SMILES string of the molecule is Cc1ccccc1C(=O)NCc1ccc2c(c1)n(C)c(=O)n2C. The van der Waals surface area contributed by atoms with Crippen LogP contribution >= 0.6 is 0 Å². The van der Waals surface area contributed by atoms with Crippen LogP contribution in [-0.4, -0.2) is 15.0 Å². The molecule has 0 bridgehead atoms. The van der Waals surface area contributed by atoms with Crippen molar-refractivity contribution >= 4 is 16.9 Å². The van der Waals surface area contributed by atoms with Crippen molar-refractivity contribution < 1.29 is 4.79 Å². The first-order valence-corrected chi connectivity index (χ1v) is 7.47. The van der Waals surface area contributed by atoms with Gasteiger partial charge in [0, 0.05) is 26.2 Å². The summed E-state index contributed by atoms with van der Waals surface area (Å²) in [6.07, 6.45) is 0. The lowest BCUT2D eigenvalue weighted by Gasteiger charge is -2.08. The molecule has 118 valence electrons. The highest BCUT2D eigenvalue weighted by atomic mass is 16.2. The van der Waals surface area contributed by atoms with Gasteiger partial charge in [0.1, 0.15) is 0 Å². The van der Waals surface area contributed by atoms with E-state index in [0.717, 1.165) is 22.2 Å². The van der Waals surface area contributed by atoms with Gasteiger partial charge < -0.3 is 5.32 Å². The maximum Gasteiger partial charge on any atom is 0.328 e. The maximum absolute atomic E-state index is 12.3. The zero-order valence-electron chi connectivity index (χ0n) is 13.5. The van der Waals surface area contributed by atoms with Crippen molar-refractivity contribution in [1.29, 1.82) is 0 Å². The molecule has 1 heterocycles. The number of nitrogens with one attached hydrogen (secondary N) is 1. The fourth-order valence-corrected chi connectivity index (χ4v) is 2.77. The molecule has 5 heteroatoms. The predicted molar refractivity (Wildman–Crippen MR) is 90.5 cm³/mol. The number of hydrogen-bond acceptors (Lipinski definition) is 2. The monoisotopic (exact) mass is 309 g/mol. The summed E-state index contributed by atoms with van der Waals surface area (Å²) < 4.78 is 3.23. The van der Waals surface area contributed by atoms with Crippen LogP contribution in [-0.2, 0) is 20.6 Å². The van der Waals surface area contributed by atoms with Crippen molar-refractivity contribution in [2.75, 3.05) is 0 Å². The van der Waals surface area contributed by atoms with Gasteiger partial charge in [-0.2, -0.15) is 0 Å². The van der Waals surface area contributed by atoms with Gasteiger partial charge in [-0.3, -0.25) is 13.9 Å². The van der Waals surface area contributed by atoms with Crippen LogP contribution in [0.25, 0.3) is 11.0 Å². The first-order valence-electron chi connectivity index (χ1n) is 7.47. The molecule has 1 amide bonds. The topological polar surface area (TPSA) is 56.0 Å². The number of imidazole rings is 1. The van der Waals surface area contributed by atoms with E-state index in [1.54, 1.807) is 23.2 Å². The van der Waals surface area contributed by atoms with Crippen LogP contribution < -0.4 is 11.0 Å². The Bertz CT molecular complexity index is 951. The van der Waals surface area contributed by atoms with Crippen LogP contribution in [0.4, 0.5) is 0 Å². The number of hydrogen-bond donors (Lipinski definition) is 1. The fraction of sp³-hybridized carbons (Fsp3) is 0.222. The Kier molecular flexibility index (Phi) is 3.78. The number of carbonyl (C=O) groups excluding carboxylic acids is 1. The zero-order chi connectivity index (χ0) is 16.6. The van der Waals surface area contributed by atoms with Gasteiger partial charge in [0.15, 0.2) is 0 Å². The molecule has 0 atom stereocenters. The summed E-state index contributed by atoms with van der Waals surface area (Å²) >= 11 is 0. The molecule has 23 heavy (non-hydrogen) atoms. The summed E-state index contributed by atoms with van der Waals surface area (Å²) in [7, 11) is 3.50. The minimum absolute atomic E-state index is 0.0545. The van der Waals surface area contributed by atoms with Gasteiger partial charge in [-0.15, -0.1) is 0 Å². The Balaban J connectivity index is 1.83. The van der Waals surface area contributed by atoms with Gasteiger partial charge >= 0.3 is 5.69 Å². The summed E-state index contributed by atoms with van der Waals surface area (Å²) in [6.45, 7) is 2.34. The van der Waals surface area contributed by atoms with E-state index in [4.69, 9.17) is 0 Å². The van der Waals surface area contributed by atoms with Crippen LogP contribution in [0.2, 0.25) is 0 Å². The molecular formula is C18H19N3O2. The first kappa shape index (κ1) is 15.1. The lowest BCUT2D eigenvalue weighted by Crippen LogP contribution is -2.23. The van der Waals surface area contributed by atoms with E-state index in [1.165, 1.54) is 0 Å². The third-order valence-corrected chi connectivity index (χ3v) is 4.18. The highest BCUT2D eigenvalue weighted by Gasteiger charge is 2.10. The molecule has 0 unspecified atom stereocenters. The molecule has 1 N–H and O–H groups in total. The second-order valence-corrected chi connectivity index (χ2v) is 5.72. The lowest BCUT2D eigenvalue weighted by molar-refractivity contribution is 0.0950. The molecule has 2 aromatic carbocycles. The molecule has 0 radical (unpaired) electrons. The largest absolute Gasteiger partial charge is 0.348 e. The molecular weight excluding hydrogens is 290 g/mol. The van der Waals surface area contributed by atoms with Crippen molar-refractivity contribution in [2.45, 2.75) is 13.5 Å². The highest BCUT2D eigenvalue weighted by molar-refractivity contribution is 5.95. The van der Waals surface area contributed by atoms with E-state index in [1.807, 2.05) is 49.4 Å². The van der Waals surface area contributed by atoms with Crippen molar-refractivity contribution in [3.63, 3.8) is 0 Å². The number of benzene rings is 2. The van der Waals surface area contributed by atoms with Crippen molar-refractivity contribution in [2.24, 2.45) is 14.1 Å². The fourth-order valence-electron chi connectivity index (χ4n) is 2.77. The number of carbonyl (C=O) groups is 1. The molecule has 0 aliphatic heterocycles. The number of aromatic nitrogens is 2. The Morgan fingerprint density at radius 2 is 1.74 bits per heavy atom. The van der Waals surface area contributed by atoms with Crippen molar-refractivity contribution in [3.8, 4) is 0 Å². The quantitative estimate of drug-likeness (QED) is 0.805. The second-order valence-electron chi connectivity index (χ2n) is 5.72. The van der Waals surface area contributed by atoms with E-state index >= 15 is 0 Å². The summed E-state index contributed by atoms with van der Waals surface area (Å²) in [5, 5.41) is 2.93. The van der Waals surface area contributed by atoms with E-state index in [-0.39, 0.29) is 11.6 Å². The summed E-state index contributed by atoms with van der Waals surface area (Å²) in [5.41, 5.74) is 4.28. The molecule has 0 fully saturated rings. The van der Waals surface area contributed by atoms with Crippen molar-refractivity contribution in [1.82, 2.24) is 14.5 Å². The third kappa shape index (κ3) is 2.65. The van der Waals surface area contributed by atoms with Gasteiger partial charge in [0.2, 0.25) is 0 Å². The molecule has 1 aromatic heterocycles. The molecule has 0 saturated heterocycles. The highest BCUT2D eigenvalue weighted by Crippen LogP contribution is 2.14. The van der Waals surface area contributed by atoms with Gasteiger partial charge in [-0.05, 0) is 36.2 Å². The van der Waals surface area contributed by atoms with Crippen LogP contribution in [0.1, 0.15) is 21.5 Å². The summed E-state index contributed by atoms with van der Waals surface area (Å²) in [4.78, 5) is 24.2. The molecule has 5 nitrogen and oxygen atoms in total. The van der Waals surface area contributed by atoms with Gasteiger partial charge in [-0.1, -0.05) is 24.3 Å². The van der Waals surface area contributed by atoms with Crippen molar-refractivity contribution in [3.05, 3.63) is 69.6 Å². The molecule has 0 aliphatic carbocycles. The Labute approximate surface area is 134 Å². The van der Waals surface area contributed by atoms with Gasteiger partial charge in [0.25, 0.3) is 5.91 Å². The predicted octanol–water partition coefficient (Wildman–Crippen LogP) is 2.12.